The number of urea groups is 1. The quantitative estimate of drug-likeness (QED) is 0.611. The van der Waals surface area contributed by atoms with E-state index in [1.807, 2.05) is 19.9 Å². The Bertz CT molecular complexity index is 720. The summed E-state index contributed by atoms with van der Waals surface area (Å²) in [5, 5.41) is 13.4. The van der Waals surface area contributed by atoms with Crippen LogP contribution in [0.2, 0.25) is 0 Å². The van der Waals surface area contributed by atoms with E-state index in [9.17, 15) is 14.4 Å². The molecule has 9 heteroatoms. The summed E-state index contributed by atoms with van der Waals surface area (Å²) in [7, 11) is 0. The second-order valence-corrected chi connectivity index (χ2v) is 9.15. The average Bonchev–Trinajstić information content (AvgIpc) is 3.03. The van der Waals surface area contributed by atoms with Gasteiger partial charge in [0.2, 0.25) is 11.8 Å². The van der Waals surface area contributed by atoms with Gasteiger partial charge in [-0.1, -0.05) is 20.8 Å². The van der Waals surface area contributed by atoms with Gasteiger partial charge in [0.15, 0.2) is 6.29 Å². The van der Waals surface area contributed by atoms with Crippen molar-refractivity contribution < 1.29 is 14.4 Å². The molecule has 9 nitrogen and oxygen atoms in total. The van der Waals surface area contributed by atoms with Crippen LogP contribution in [0.25, 0.3) is 0 Å². The highest BCUT2D eigenvalue weighted by Crippen LogP contribution is 2.40. The summed E-state index contributed by atoms with van der Waals surface area (Å²) in [6, 6.07) is 1.48. The van der Waals surface area contributed by atoms with Crippen LogP contribution in [0.15, 0.2) is 0 Å². The minimum atomic E-state index is -0.588. The number of nitrogens with zero attached hydrogens (tertiary/aromatic N) is 4. The number of rotatable bonds is 7. The Morgan fingerprint density at radius 3 is 2.67 bits per heavy atom. The van der Waals surface area contributed by atoms with Gasteiger partial charge < -0.3 is 10.2 Å². The Kier molecular flexibility index (Phi) is 6.86. The van der Waals surface area contributed by atoms with Crippen molar-refractivity contribution in [3.63, 3.8) is 0 Å². The Labute approximate surface area is 178 Å². The molecule has 0 bridgehead atoms. The van der Waals surface area contributed by atoms with Gasteiger partial charge in [0.25, 0.3) is 0 Å². The van der Waals surface area contributed by atoms with Crippen molar-refractivity contribution in [2.45, 2.75) is 78.2 Å². The van der Waals surface area contributed by atoms with Crippen LogP contribution in [-0.4, -0.2) is 64.1 Å². The molecule has 3 rings (SSSR count). The number of carbonyl (C=O) groups excluding carboxylic acids is 3. The van der Waals surface area contributed by atoms with Gasteiger partial charge in [-0.25, -0.2) is 9.80 Å². The Balaban J connectivity index is 1.83. The number of fused-ring (bicyclic) bond motifs is 3. The van der Waals surface area contributed by atoms with E-state index in [0.29, 0.717) is 31.7 Å². The van der Waals surface area contributed by atoms with Crippen LogP contribution in [-0.2, 0) is 9.59 Å². The SMILES string of the molecule is CCC(C)NC(=O)C1CCC2C(=O)N(CCC(C)C)C3NN(CC#N)C(=O)N3C2C1. The van der Waals surface area contributed by atoms with Crippen LogP contribution in [0.3, 0.4) is 0 Å². The van der Waals surface area contributed by atoms with Crippen LogP contribution in [0.1, 0.15) is 59.8 Å². The summed E-state index contributed by atoms with van der Waals surface area (Å²) >= 11 is 0. The molecule has 1 saturated carbocycles. The van der Waals surface area contributed by atoms with Crippen molar-refractivity contribution >= 4 is 17.8 Å². The minimum absolute atomic E-state index is 0.00234. The standard InChI is InChI=1S/C21H34N6O3/c1-5-14(4)23-18(28)15-6-7-16-17(12-15)27-20(24-26(11-9-22)21(27)30)25(19(16)29)10-8-13(2)3/h13-17,20,24H,5-8,10-12H2,1-4H3,(H,23,28). The van der Waals surface area contributed by atoms with E-state index in [4.69, 9.17) is 5.26 Å². The molecular formula is C21H34N6O3. The highest BCUT2D eigenvalue weighted by atomic mass is 16.2. The van der Waals surface area contributed by atoms with Crippen LogP contribution in [0.5, 0.6) is 0 Å². The van der Waals surface area contributed by atoms with Crippen LogP contribution < -0.4 is 10.7 Å². The molecular weight excluding hydrogens is 384 g/mol. The van der Waals surface area contributed by atoms with Crippen molar-refractivity contribution in [2.75, 3.05) is 13.1 Å². The Morgan fingerprint density at radius 2 is 2.03 bits per heavy atom. The lowest BCUT2D eigenvalue weighted by Gasteiger charge is -2.50. The molecule has 3 aliphatic rings. The third-order valence-electron chi connectivity index (χ3n) is 6.60. The minimum Gasteiger partial charge on any atom is -0.353 e. The van der Waals surface area contributed by atoms with Crippen molar-refractivity contribution in [3.05, 3.63) is 0 Å². The summed E-state index contributed by atoms with van der Waals surface area (Å²) in [5.41, 5.74) is 3.06. The highest BCUT2D eigenvalue weighted by molar-refractivity contribution is 5.87. The van der Waals surface area contributed by atoms with E-state index in [1.54, 1.807) is 9.80 Å². The first-order chi connectivity index (χ1) is 14.3. The number of amides is 4. The fraction of sp³-hybridized carbons (Fsp3) is 0.810. The largest absolute Gasteiger partial charge is 0.353 e. The maximum absolute atomic E-state index is 13.4. The lowest BCUT2D eigenvalue weighted by Crippen LogP contribution is -2.67. The number of hydrazine groups is 1. The van der Waals surface area contributed by atoms with E-state index < -0.39 is 6.29 Å². The average molecular weight is 419 g/mol. The molecule has 2 N–H and O–H groups in total. The van der Waals surface area contributed by atoms with Gasteiger partial charge >= 0.3 is 6.03 Å². The third-order valence-corrected chi connectivity index (χ3v) is 6.60. The molecule has 5 unspecified atom stereocenters. The van der Waals surface area contributed by atoms with Gasteiger partial charge in [-0.05, 0) is 44.9 Å². The Hall–Kier alpha value is -2.34. The predicted octanol–water partition coefficient (Wildman–Crippen LogP) is 1.62. The molecule has 1 aliphatic carbocycles. The third kappa shape index (κ3) is 4.24. The summed E-state index contributed by atoms with van der Waals surface area (Å²) in [4.78, 5) is 42.6. The topological polar surface area (TPSA) is 109 Å². The molecule has 2 saturated heterocycles. The zero-order valence-corrected chi connectivity index (χ0v) is 18.4. The predicted molar refractivity (Wildman–Crippen MR) is 110 cm³/mol. The molecule has 30 heavy (non-hydrogen) atoms. The maximum atomic E-state index is 13.4. The van der Waals surface area contributed by atoms with Gasteiger partial charge in [-0.15, -0.1) is 0 Å². The second-order valence-electron chi connectivity index (χ2n) is 9.15. The summed E-state index contributed by atoms with van der Waals surface area (Å²) in [6.07, 6.45) is 2.81. The van der Waals surface area contributed by atoms with E-state index >= 15 is 0 Å². The van der Waals surface area contributed by atoms with Gasteiger partial charge in [-0.3, -0.25) is 14.5 Å². The zero-order chi connectivity index (χ0) is 22.0. The molecule has 0 aromatic carbocycles. The van der Waals surface area contributed by atoms with E-state index in [1.165, 1.54) is 5.01 Å². The number of nitrogens with one attached hydrogen (secondary N) is 2. The van der Waals surface area contributed by atoms with E-state index in [0.717, 1.165) is 12.8 Å². The van der Waals surface area contributed by atoms with Crippen molar-refractivity contribution in [2.24, 2.45) is 17.8 Å². The summed E-state index contributed by atoms with van der Waals surface area (Å²) in [6.45, 7) is 8.67. The van der Waals surface area contributed by atoms with Crippen LogP contribution in [0.4, 0.5) is 4.79 Å². The van der Waals surface area contributed by atoms with Crippen molar-refractivity contribution in [1.82, 2.24) is 25.6 Å². The molecule has 0 aromatic heterocycles. The molecule has 0 radical (unpaired) electrons. The van der Waals surface area contributed by atoms with Gasteiger partial charge in [0, 0.05) is 24.5 Å². The van der Waals surface area contributed by atoms with Crippen LogP contribution in [0, 0.1) is 29.1 Å². The fourth-order valence-corrected chi connectivity index (χ4v) is 4.63. The lowest BCUT2D eigenvalue weighted by atomic mass is 9.75. The normalized spacial score (nSPS) is 29.5. The monoisotopic (exact) mass is 418 g/mol. The summed E-state index contributed by atoms with van der Waals surface area (Å²) in [5.74, 6) is -0.0387. The van der Waals surface area contributed by atoms with Crippen molar-refractivity contribution in [3.8, 4) is 6.07 Å². The molecule has 0 aromatic rings. The maximum Gasteiger partial charge on any atom is 0.338 e. The van der Waals surface area contributed by atoms with E-state index in [-0.39, 0.29) is 48.3 Å². The molecule has 2 heterocycles. The van der Waals surface area contributed by atoms with Gasteiger partial charge in [-0.2, -0.15) is 10.7 Å². The number of carbonyl (C=O) groups is 3. The van der Waals surface area contributed by atoms with Gasteiger partial charge in [0.05, 0.1) is 12.0 Å². The highest BCUT2D eigenvalue weighted by Gasteiger charge is 2.55. The lowest BCUT2D eigenvalue weighted by molar-refractivity contribution is -0.159. The molecule has 2 aliphatic heterocycles. The first-order valence-corrected chi connectivity index (χ1v) is 11.1. The fourth-order valence-electron chi connectivity index (χ4n) is 4.63. The van der Waals surface area contributed by atoms with Crippen LogP contribution >= 0.6 is 0 Å². The Morgan fingerprint density at radius 1 is 1.30 bits per heavy atom. The number of hydrogen-bond acceptors (Lipinski definition) is 5. The van der Waals surface area contributed by atoms with Gasteiger partial charge in [0.1, 0.15) is 6.54 Å². The molecule has 166 valence electrons. The molecule has 4 amide bonds. The molecule has 5 atom stereocenters. The first kappa shape index (κ1) is 22.3. The first-order valence-electron chi connectivity index (χ1n) is 11.1. The summed E-state index contributed by atoms with van der Waals surface area (Å²) < 4.78 is 0. The molecule has 3 fully saturated rings. The number of hydrogen-bond donors (Lipinski definition) is 2. The van der Waals surface area contributed by atoms with Crippen molar-refractivity contribution in [1.29, 1.82) is 5.26 Å². The smallest absolute Gasteiger partial charge is 0.338 e. The molecule has 0 spiro atoms. The second kappa shape index (κ2) is 9.21. The number of nitriles is 1. The van der Waals surface area contributed by atoms with E-state index in [2.05, 4.69) is 24.6 Å². The zero-order valence-electron chi connectivity index (χ0n) is 18.4.